The minimum Gasteiger partial charge on any atom is -0.376 e. The average molecular weight is 478 g/mol. The molecular formula is C23H25Cl2N3O4. The Morgan fingerprint density at radius 1 is 1.25 bits per heavy atom. The molecule has 32 heavy (non-hydrogen) atoms. The second kappa shape index (κ2) is 8.54. The quantitative estimate of drug-likeness (QED) is 0.498. The van der Waals surface area contributed by atoms with E-state index in [0.29, 0.717) is 22.7 Å². The number of amides is 3. The molecule has 170 valence electrons. The average Bonchev–Trinajstić information content (AvgIpc) is 3.39. The Hall–Kier alpha value is -2.35. The number of urea groups is 1. The molecule has 0 bridgehead atoms. The van der Waals surface area contributed by atoms with Crippen molar-refractivity contribution < 1.29 is 19.1 Å². The smallest absolute Gasteiger partial charge is 0.325 e. The van der Waals surface area contributed by atoms with E-state index in [2.05, 4.69) is 9.88 Å². The summed E-state index contributed by atoms with van der Waals surface area (Å²) in [5.41, 5.74) is 1.29. The standard InChI is InChI=1S/C23H25Cl2N3O4/c1-13-9-17(14(2)27(13)11-16-5-4-8-32-16)20(29)12-28-21(30)23(3,26-22(28)31)18-7-6-15(24)10-19(18)25/h6-7,9-10,16H,4-5,8,11-12H2,1-3H3,(H,26,31). The van der Waals surface area contributed by atoms with E-state index in [4.69, 9.17) is 27.9 Å². The zero-order chi connectivity index (χ0) is 23.2. The number of hydrogen-bond acceptors (Lipinski definition) is 4. The second-order valence-electron chi connectivity index (χ2n) is 8.52. The third-order valence-electron chi connectivity index (χ3n) is 6.33. The number of carbonyl (C=O) groups is 3. The van der Waals surface area contributed by atoms with Crippen molar-refractivity contribution in [1.29, 1.82) is 0 Å². The molecule has 2 aliphatic heterocycles. The number of Topliss-reactive ketones (excluding diaryl/α,β-unsaturated/α-hetero) is 1. The van der Waals surface area contributed by atoms with Gasteiger partial charge in [0.2, 0.25) is 0 Å². The van der Waals surface area contributed by atoms with E-state index in [1.54, 1.807) is 25.1 Å². The van der Waals surface area contributed by atoms with E-state index in [1.165, 1.54) is 6.07 Å². The third kappa shape index (κ3) is 3.93. The molecule has 0 radical (unpaired) electrons. The van der Waals surface area contributed by atoms with Crippen LogP contribution >= 0.6 is 23.2 Å². The maximum absolute atomic E-state index is 13.2. The van der Waals surface area contributed by atoms with Crippen molar-refractivity contribution >= 4 is 40.9 Å². The molecule has 9 heteroatoms. The first-order valence-corrected chi connectivity index (χ1v) is 11.3. The van der Waals surface area contributed by atoms with E-state index in [0.717, 1.165) is 35.7 Å². The zero-order valence-electron chi connectivity index (χ0n) is 18.2. The molecule has 2 saturated heterocycles. The summed E-state index contributed by atoms with van der Waals surface area (Å²) in [6.45, 7) is 6.47. The van der Waals surface area contributed by atoms with Crippen LogP contribution in [0.1, 0.15) is 47.1 Å². The lowest BCUT2D eigenvalue weighted by Gasteiger charge is -2.23. The van der Waals surface area contributed by atoms with Crippen molar-refractivity contribution in [2.75, 3.05) is 13.2 Å². The van der Waals surface area contributed by atoms with Gasteiger partial charge in [-0.1, -0.05) is 29.3 Å². The number of nitrogens with zero attached hydrogens (tertiary/aromatic N) is 2. The molecule has 0 saturated carbocycles. The zero-order valence-corrected chi connectivity index (χ0v) is 19.7. The molecule has 0 aliphatic carbocycles. The number of nitrogens with one attached hydrogen (secondary N) is 1. The van der Waals surface area contributed by atoms with Crippen molar-refractivity contribution in [3.8, 4) is 0 Å². The van der Waals surface area contributed by atoms with E-state index in [-0.39, 0.29) is 23.5 Å². The van der Waals surface area contributed by atoms with Gasteiger partial charge in [0.05, 0.1) is 12.6 Å². The van der Waals surface area contributed by atoms with Crippen molar-refractivity contribution in [2.45, 2.75) is 51.8 Å². The topological polar surface area (TPSA) is 80.6 Å². The number of hydrogen-bond donors (Lipinski definition) is 1. The summed E-state index contributed by atoms with van der Waals surface area (Å²) in [7, 11) is 0. The first-order valence-electron chi connectivity index (χ1n) is 10.5. The molecular weight excluding hydrogens is 453 g/mol. The van der Waals surface area contributed by atoms with E-state index >= 15 is 0 Å². The molecule has 3 heterocycles. The van der Waals surface area contributed by atoms with Crippen molar-refractivity contribution in [1.82, 2.24) is 14.8 Å². The van der Waals surface area contributed by atoms with Gasteiger partial charge in [-0.15, -0.1) is 0 Å². The third-order valence-corrected chi connectivity index (χ3v) is 6.88. The monoisotopic (exact) mass is 477 g/mol. The van der Waals surface area contributed by atoms with Crippen LogP contribution < -0.4 is 5.32 Å². The molecule has 1 aromatic carbocycles. The molecule has 0 spiro atoms. The highest BCUT2D eigenvalue weighted by Gasteiger charge is 2.50. The number of ketones is 1. The van der Waals surface area contributed by atoms with Gasteiger partial charge in [-0.05, 0) is 51.8 Å². The highest BCUT2D eigenvalue weighted by Crippen LogP contribution is 2.35. The Labute approximate surface area is 196 Å². The van der Waals surface area contributed by atoms with Gasteiger partial charge in [-0.2, -0.15) is 0 Å². The molecule has 1 N–H and O–H groups in total. The van der Waals surface area contributed by atoms with Crippen LogP contribution in [0.5, 0.6) is 0 Å². The van der Waals surface area contributed by atoms with Crippen LogP contribution in [0.4, 0.5) is 4.79 Å². The second-order valence-corrected chi connectivity index (χ2v) is 9.37. The molecule has 2 aromatic rings. The SMILES string of the molecule is Cc1cc(C(=O)CN2C(=O)NC(C)(c3ccc(Cl)cc3Cl)C2=O)c(C)n1CC1CCCO1. The Morgan fingerprint density at radius 3 is 2.66 bits per heavy atom. The maximum atomic E-state index is 13.2. The molecule has 3 amide bonds. The normalized spacial score (nSPS) is 23.2. The molecule has 2 aliphatic rings. The number of rotatable bonds is 6. The van der Waals surface area contributed by atoms with Gasteiger partial charge in [0.25, 0.3) is 5.91 Å². The Kier molecular flexibility index (Phi) is 6.09. The number of aromatic nitrogens is 1. The highest BCUT2D eigenvalue weighted by molar-refractivity contribution is 6.35. The van der Waals surface area contributed by atoms with E-state index < -0.39 is 17.5 Å². The van der Waals surface area contributed by atoms with Gasteiger partial charge in [0, 0.05) is 45.7 Å². The number of halogens is 2. The van der Waals surface area contributed by atoms with Crippen LogP contribution in [0.2, 0.25) is 10.0 Å². The summed E-state index contributed by atoms with van der Waals surface area (Å²) in [5, 5.41) is 3.36. The lowest BCUT2D eigenvalue weighted by Crippen LogP contribution is -2.41. The van der Waals surface area contributed by atoms with Crippen LogP contribution in [0.15, 0.2) is 24.3 Å². The summed E-state index contributed by atoms with van der Waals surface area (Å²) < 4.78 is 7.79. The number of aryl methyl sites for hydroxylation is 1. The fourth-order valence-corrected chi connectivity index (χ4v) is 5.10. The number of carbonyl (C=O) groups excluding carboxylic acids is 3. The van der Waals surface area contributed by atoms with Gasteiger partial charge in [-0.3, -0.25) is 14.5 Å². The van der Waals surface area contributed by atoms with Gasteiger partial charge in [-0.25, -0.2) is 4.79 Å². The Balaban J connectivity index is 1.55. The maximum Gasteiger partial charge on any atom is 0.325 e. The number of ether oxygens (including phenoxy) is 1. The van der Waals surface area contributed by atoms with Gasteiger partial charge in [0.1, 0.15) is 5.54 Å². The highest BCUT2D eigenvalue weighted by atomic mass is 35.5. The molecule has 1 aromatic heterocycles. The minimum absolute atomic E-state index is 0.138. The van der Waals surface area contributed by atoms with Crippen molar-refractivity contribution in [3.05, 3.63) is 56.8 Å². The summed E-state index contributed by atoms with van der Waals surface area (Å²) in [4.78, 5) is 39.9. The molecule has 2 atom stereocenters. The van der Waals surface area contributed by atoms with Crippen LogP contribution in [0.25, 0.3) is 0 Å². The van der Waals surface area contributed by atoms with Crippen LogP contribution in [0, 0.1) is 13.8 Å². The minimum atomic E-state index is -1.38. The number of imide groups is 1. The van der Waals surface area contributed by atoms with Gasteiger partial charge in [0.15, 0.2) is 5.78 Å². The van der Waals surface area contributed by atoms with Crippen LogP contribution in [-0.4, -0.2) is 46.4 Å². The molecule has 2 unspecified atom stereocenters. The Bertz CT molecular complexity index is 1110. The fraction of sp³-hybridized carbons (Fsp3) is 0.435. The first-order chi connectivity index (χ1) is 15.1. The first kappa shape index (κ1) is 22.8. The van der Waals surface area contributed by atoms with E-state index in [1.807, 2.05) is 13.8 Å². The van der Waals surface area contributed by atoms with Crippen LogP contribution in [-0.2, 0) is 21.6 Å². The summed E-state index contributed by atoms with van der Waals surface area (Å²) in [5.74, 6) is -0.833. The van der Waals surface area contributed by atoms with Crippen molar-refractivity contribution in [2.24, 2.45) is 0 Å². The Morgan fingerprint density at radius 2 is 2.00 bits per heavy atom. The van der Waals surface area contributed by atoms with Crippen molar-refractivity contribution in [3.63, 3.8) is 0 Å². The summed E-state index contributed by atoms with van der Waals surface area (Å²) in [6, 6.07) is 5.89. The number of benzene rings is 1. The largest absolute Gasteiger partial charge is 0.376 e. The molecule has 7 nitrogen and oxygen atoms in total. The molecule has 4 rings (SSSR count). The lowest BCUT2D eigenvalue weighted by atomic mass is 9.92. The molecule has 2 fully saturated rings. The van der Waals surface area contributed by atoms with Gasteiger partial charge >= 0.3 is 6.03 Å². The summed E-state index contributed by atoms with van der Waals surface area (Å²) in [6.07, 6.45) is 2.17. The van der Waals surface area contributed by atoms with E-state index in [9.17, 15) is 14.4 Å². The lowest BCUT2D eigenvalue weighted by molar-refractivity contribution is -0.130. The fourth-order valence-electron chi connectivity index (χ4n) is 4.50. The predicted octanol–water partition coefficient (Wildman–Crippen LogP) is 4.24. The van der Waals surface area contributed by atoms with Crippen LogP contribution in [0.3, 0.4) is 0 Å². The predicted molar refractivity (Wildman–Crippen MR) is 121 cm³/mol. The summed E-state index contributed by atoms with van der Waals surface area (Å²) >= 11 is 12.2. The van der Waals surface area contributed by atoms with Gasteiger partial charge < -0.3 is 14.6 Å².